The van der Waals surface area contributed by atoms with E-state index in [1.54, 1.807) is 0 Å². The number of benzene rings is 5. The summed E-state index contributed by atoms with van der Waals surface area (Å²) in [6, 6.07) is 37.8. The largest absolute Gasteiger partial charge is 0.309 e. The van der Waals surface area contributed by atoms with Crippen molar-refractivity contribution in [3.05, 3.63) is 136 Å². The summed E-state index contributed by atoms with van der Waals surface area (Å²) >= 11 is 0. The number of rotatable bonds is 5. The van der Waals surface area contributed by atoms with Crippen molar-refractivity contribution in [1.82, 2.24) is 0 Å². The molecule has 3 aliphatic rings. The van der Waals surface area contributed by atoms with E-state index in [2.05, 4.69) is 185 Å². The number of nitrogens with zero attached hydrogens (tertiary/aromatic N) is 1. The van der Waals surface area contributed by atoms with Gasteiger partial charge in [-0.25, -0.2) is 0 Å². The quantitative estimate of drug-likeness (QED) is 0.176. The van der Waals surface area contributed by atoms with Gasteiger partial charge in [-0.2, -0.15) is 0 Å². The topological polar surface area (TPSA) is 3.24 Å². The van der Waals surface area contributed by atoms with Gasteiger partial charge in [0.25, 0.3) is 0 Å². The van der Waals surface area contributed by atoms with Crippen LogP contribution in [0.1, 0.15) is 154 Å². The number of fused-ring (bicyclic) bond motifs is 5. The Kier molecular flexibility index (Phi) is 8.10. The van der Waals surface area contributed by atoms with Gasteiger partial charge in [0.1, 0.15) is 0 Å². The lowest BCUT2D eigenvalue weighted by atomic mass is 9.61. The summed E-state index contributed by atoms with van der Waals surface area (Å²) in [6.07, 6.45) is 4.73. The molecule has 5 aromatic rings. The Hall–Kier alpha value is -4.10. The molecule has 0 amide bonds. The van der Waals surface area contributed by atoms with Crippen LogP contribution < -0.4 is 4.90 Å². The maximum absolute atomic E-state index is 2.71. The van der Waals surface area contributed by atoms with Crippen molar-refractivity contribution in [2.45, 2.75) is 142 Å². The molecule has 1 nitrogen and oxygen atoms in total. The van der Waals surface area contributed by atoms with Gasteiger partial charge in [0.15, 0.2) is 0 Å². The second-order valence-corrected chi connectivity index (χ2v) is 20.1. The van der Waals surface area contributed by atoms with E-state index in [0.29, 0.717) is 5.92 Å². The monoisotopic (exact) mass is 699 g/mol. The van der Waals surface area contributed by atoms with E-state index in [0.717, 1.165) is 0 Å². The predicted molar refractivity (Wildman–Crippen MR) is 229 cm³/mol. The highest BCUT2D eigenvalue weighted by Gasteiger charge is 2.44. The normalized spacial score (nSPS) is 19.6. The van der Waals surface area contributed by atoms with Crippen LogP contribution in [0.25, 0.3) is 22.3 Å². The maximum Gasteiger partial charge on any atom is 0.0543 e. The Morgan fingerprint density at radius 1 is 0.453 bits per heavy atom. The maximum atomic E-state index is 2.71. The average Bonchev–Trinajstić information content (AvgIpc) is 3.34. The zero-order chi connectivity index (χ0) is 37.9. The van der Waals surface area contributed by atoms with Crippen LogP contribution in [0, 0.1) is 0 Å². The first-order valence-corrected chi connectivity index (χ1v) is 20.3. The van der Waals surface area contributed by atoms with E-state index >= 15 is 0 Å². The second-order valence-electron chi connectivity index (χ2n) is 20.1. The molecular weight excluding hydrogens is 639 g/mol. The molecule has 0 bridgehead atoms. The number of anilines is 3. The van der Waals surface area contributed by atoms with Crippen LogP contribution in [0.15, 0.2) is 97.1 Å². The van der Waals surface area contributed by atoms with Crippen LogP contribution in [0.3, 0.4) is 0 Å². The van der Waals surface area contributed by atoms with E-state index < -0.39 is 0 Å². The molecule has 0 spiro atoms. The van der Waals surface area contributed by atoms with Crippen LogP contribution in [-0.4, -0.2) is 0 Å². The summed E-state index contributed by atoms with van der Waals surface area (Å²) in [5, 5.41) is 0. The minimum atomic E-state index is -0.128. The summed E-state index contributed by atoms with van der Waals surface area (Å²) in [7, 11) is 0. The summed E-state index contributed by atoms with van der Waals surface area (Å²) in [5.41, 5.74) is 19.8. The molecule has 3 aliphatic carbocycles. The average molecular weight is 700 g/mol. The van der Waals surface area contributed by atoms with Crippen LogP contribution >= 0.6 is 0 Å². The molecule has 0 saturated heterocycles. The molecule has 0 heterocycles. The molecule has 0 saturated carbocycles. The van der Waals surface area contributed by atoms with Gasteiger partial charge in [0, 0.05) is 16.7 Å². The first-order valence-electron chi connectivity index (χ1n) is 20.3. The van der Waals surface area contributed by atoms with Gasteiger partial charge >= 0.3 is 0 Å². The fourth-order valence-corrected chi connectivity index (χ4v) is 10.5. The minimum absolute atomic E-state index is 0.0163. The van der Waals surface area contributed by atoms with E-state index in [1.807, 2.05) is 0 Å². The van der Waals surface area contributed by atoms with Crippen molar-refractivity contribution in [2.24, 2.45) is 0 Å². The van der Waals surface area contributed by atoms with Crippen LogP contribution in [0.2, 0.25) is 0 Å². The molecule has 5 aromatic carbocycles. The molecular formula is C52H61N. The predicted octanol–water partition coefficient (Wildman–Crippen LogP) is 15.0. The summed E-state index contributed by atoms with van der Waals surface area (Å²) in [6.45, 7) is 29.4. The van der Waals surface area contributed by atoms with Gasteiger partial charge in [-0.05, 0) is 133 Å². The van der Waals surface area contributed by atoms with E-state index in [1.165, 1.54) is 104 Å². The smallest absolute Gasteiger partial charge is 0.0543 e. The third-order valence-corrected chi connectivity index (χ3v) is 13.9. The Morgan fingerprint density at radius 3 is 1.66 bits per heavy atom. The molecule has 0 aromatic heterocycles. The van der Waals surface area contributed by atoms with E-state index in [4.69, 9.17) is 0 Å². The van der Waals surface area contributed by atoms with Crippen LogP contribution in [0.5, 0.6) is 0 Å². The fourth-order valence-electron chi connectivity index (χ4n) is 10.5. The third kappa shape index (κ3) is 5.46. The minimum Gasteiger partial charge on any atom is -0.309 e. The molecule has 8 rings (SSSR count). The lowest BCUT2D eigenvalue weighted by molar-refractivity contribution is 0.332. The lowest BCUT2D eigenvalue weighted by Gasteiger charge is -2.46. The van der Waals surface area contributed by atoms with E-state index in [9.17, 15) is 0 Å². The van der Waals surface area contributed by atoms with Gasteiger partial charge in [0.05, 0.1) is 11.4 Å². The van der Waals surface area contributed by atoms with Crippen LogP contribution in [0.4, 0.5) is 17.1 Å². The van der Waals surface area contributed by atoms with Crippen molar-refractivity contribution < 1.29 is 0 Å². The molecule has 0 fully saturated rings. The van der Waals surface area contributed by atoms with Crippen molar-refractivity contribution in [3.8, 4) is 22.3 Å². The van der Waals surface area contributed by atoms with Crippen molar-refractivity contribution in [2.75, 3.05) is 4.90 Å². The Morgan fingerprint density at radius 2 is 1.00 bits per heavy atom. The second kappa shape index (κ2) is 11.9. The molecule has 0 atom stereocenters. The lowest BCUT2D eigenvalue weighted by Crippen LogP contribution is -2.36. The number of para-hydroxylation sites is 1. The van der Waals surface area contributed by atoms with Crippen LogP contribution in [-0.2, 0) is 27.1 Å². The zero-order valence-corrected chi connectivity index (χ0v) is 34.6. The Bertz CT molecular complexity index is 2240. The SMILES string of the molecule is CC(C)c1ccc2c(c1N(c1ccccc1)c1cc3c(cc1-c1cccc4c1C(C)(C)CCC4(C)C)-c1ccccc1C3(C)C)C(C)(C)CCC2(C)C. The molecule has 0 aliphatic heterocycles. The van der Waals surface area contributed by atoms with Crippen molar-refractivity contribution in [3.63, 3.8) is 0 Å². The highest BCUT2D eigenvalue weighted by atomic mass is 15.2. The summed E-state index contributed by atoms with van der Waals surface area (Å²) in [4.78, 5) is 2.71. The highest BCUT2D eigenvalue weighted by Crippen LogP contribution is 2.59. The van der Waals surface area contributed by atoms with Crippen molar-refractivity contribution in [1.29, 1.82) is 0 Å². The van der Waals surface area contributed by atoms with Gasteiger partial charge < -0.3 is 4.90 Å². The first kappa shape index (κ1) is 35.9. The summed E-state index contributed by atoms with van der Waals surface area (Å²) in [5.74, 6) is 0.352. The zero-order valence-electron chi connectivity index (χ0n) is 34.6. The third-order valence-electron chi connectivity index (χ3n) is 13.9. The van der Waals surface area contributed by atoms with Gasteiger partial charge in [-0.15, -0.1) is 0 Å². The Balaban J connectivity index is 1.56. The molecule has 0 radical (unpaired) electrons. The van der Waals surface area contributed by atoms with E-state index in [-0.39, 0.29) is 27.1 Å². The Labute approximate surface area is 320 Å². The summed E-state index contributed by atoms with van der Waals surface area (Å²) < 4.78 is 0. The fraction of sp³-hybridized carbons (Fsp3) is 0.423. The number of hydrogen-bond donors (Lipinski definition) is 0. The van der Waals surface area contributed by atoms with Gasteiger partial charge in [-0.1, -0.05) is 156 Å². The standard InChI is InChI=1S/C52H61N/c1-33(2)35-25-26-42-46(51(9,10)30-28-49(42,5)6)47(35)53(34-19-14-13-15-20-34)44-32-43-38(36-21-16-17-23-40(36)52(43,11)12)31-39(44)37-22-18-24-41-45(37)50(7,8)29-27-48(41,3)4/h13-26,31-33H,27-30H2,1-12H3. The van der Waals surface area contributed by atoms with Gasteiger partial charge in [0.2, 0.25) is 0 Å². The van der Waals surface area contributed by atoms with Gasteiger partial charge in [-0.3, -0.25) is 0 Å². The molecule has 53 heavy (non-hydrogen) atoms. The molecule has 0 N–H and O–H groups in total. The van der Waals surface area contributed by atoms with Crippen molar-refractivity contribution >= 4 is 17.1 Å². The first-order chi connectivity index (χ1) is 24.9. The molecule has 274 valence electrons. The highest BCUT2D eigenvalue weighted by molar-refractivity contribution is 5.97. The number of hydrogen-bond acceptors (Lipinski definition) is 1. The molecule has 1 heteroatoms. The molecule has 0 unspecified atom stereocenters.